The maximum Gasteiger partial charge on any atom is 0.478 e. The van der Waals surface area contributed by atoms with Crippen molar-refractivity contribution in [3.05, 3.63) is 4.91 Å². The van der Waals surface area contributed by atoms with Gasteiger partial charge in [0.1, 0.15) is 4.91 Å². The summed E-state index contributed by atoms with van der Waals surface area (Å²) in [6.07, 6.45) is -0.285. The van der Waals surface area contributed by atoms with Crippen LogP contribution in [0, 0.1) is 4.91 Å². The molecular formula is C6H17N2O3+. The summed E-state index contributed by atoms with van der Waals surface area (Å²) in [4.78, 5) is 19.8. The Balaban J connectivity index is 0. The lowest BCUT2D eigenvalue weighted by Crippen LogP contribution is -2.19. The lowest BCUT2D eigenvalue weighted by Gasteiger charge is -1.97. The summed E-state index contributed by atoms with van der Waals surface area (Å²) in [6, 6.07) is 0. The molecule has 0 saturated heterocycles. The molecule has 0 aliphatic rings. The van der Waals surface area contributed by atoms with E-state index in [0.29, 0.717) is 0 Å². The van der Waals surface area contributed by atoms with Crippen LogP contribution in [0.5, 0.6) is 0 Å². The van der Waals surface area contributed by atoms with Gasteiger partial charge in [-0.1, -0.05) is 0 Å². The molecule has 5 nitrogen and oxygen atoms in total. The third-order valence-electron chi connectivity index (χ3n) is 0.594. The minimum Gasteiger partial charge on any atom is -0.344 e. The van der Waals surface area contributed by atoms with E-state index in [1.807, 2.05) is 0 Å². The minimum atomic E-state index is -0.142. The van der Waals surface area contributed by atoms with Crippen LogP contribution in [0.2, 0.25) is 0 Å². The third-order valence-corrected chi connectivity index (χ3v) is 0.594. The van der Waals surface area contributed by atoms with Crippen LogP contribution >= 0.6 is 0 Å². The molecule has 11 heavy (non-hydrogen) atoms. The standard InChI is InChI=1S/C6H14NO3.H3N/c1-5(2)9-7(8)10-6(3)4;/h5-6H,1-4H3;1H3/q+1;. The second kappa shape index (κ2) is 5.91. The Bertz CT molecular complexity index is 102. The molecule has 0 unspecified atom stereocenters. The second-order valence-electron chi connectivity index (χ2n) is 2.53. The maximum atomic E-state index is 10.5. The van der Waals surface area contributed by atoms with E-state index >= 15 is 0 Å². The fraction of sp³-hybridized carbons (Fsp3) is 1.00. The molecule has 0 radical (unpaired) electrons. The first-order valence-corrected chi connectivity index (χ1v) is 3.33. The van der Waals surface area contributed by atoms with Crippen LogP contribution in [0.15, 0.2) is 0 Å². The van der Waals surface area contributed by atoms with Gasteiger partial charge in [0.15, 0.2) is 12.2 Å². The predicted octanol–water partition coefficient (Wildman–Crippen LogP) is 1.61. The molecule has 0 aromatic carbocycles. The summed E-state index contributed by atoms with van der Waals surface area (Å²) in [6.45, 7) is 7.03. The van der Waals surface area contributed by atoms with Crippen molar-refractivity contribution in [1.29, 1.82) is 0 Å². The second-order valence-corrected chi connectivity index (χ2v) is 2.53. The highest BCUT2D eigenvalue weighted by molar-refractivity contribution is 4.26. The first-order valence-electron chi connectivity index (χ1n) is 3.33. The van der Waals surface area contributed by atoms with E-state index in [9.17, 15) is 4.91 Å². The smallest absolute Gasteiger partial charge is 0.344 e. The number of hydrogen-bond donors (Lipinski definition) is 1. The van der Waals surface area contributed by atoms with Crippen LogP contribution in [0.3, 0.4) is 0 Å². The van der Waals surface area contributed by atoms with E-state index in [4.69, 9.17) is 0 Å². The van der Waals surface area contributed by atoms with Crippen LogP contribution in [0.1, 0.15) is 27.7 Å². The van der Waals surface area contributed by atoms with Crippen LogP contribution in [-0.4, -0.2) is 17.3 Å². The van der Waals surface area contributed by atoms with Gasteiger partial charge in [-0.25, -0.2) is 0 Å². The monoisotopic (exact) mass is 165 g/mol. The Morgan fingerprint density at radius 1 is 1.00 bits per heavy atom. The molecule has 0 rings (SSSR count). The molecule has 0 aromatic rings. The normalized spacial score (nSPS) is 9.27. The van der Waals surface area contributed by atoms with Crippen LogP contribution in [0.25, 0.3) is 0 Å². The van der Waals surface area contributed by atoms with Crippen molar-refractivity contribution in [3.8, 4) is 0 Å². The zero-order valence-corrected chi connectivity index (χ0v) is 7.53. The SMILES string of the molecule is CC(C)O[N+](=O)OC(C)C.N. The Morgan fingerprint density at radius 3 is 1.45 bits per heavy atom. The quantitative estimate of drug-likeness (QED) is 0.642. The number of rotatable bonds is 4. The average molecular weight is 165 g/mol. The zero-order chi connectivity index (χ0) is 8.15. The van der Waals surface area contributed by atoms with Gasteiger partial charge in [-0.3, -0.25) is 0 Å². The summed E-state index contributed by atoms with van der Waals surface area (Å²) in [7, 11) is 0. The van der Waals surface area contributed by atoms with Gasteiger partial charge in [0, 0.05) is 0 Å². The molecule has 5 heteroatoms. The van der Waals surface area contributed by atoms with E-state index in [-0.39, 0.29) is 23.4 Å². The molecule has 0 aliphatic carbocycles. The van der Waals surface area contributed by atoms with E-state index in [1.165, 1.54) is 0 Å². The van der Waals surface area contributed by atoms with Crippen molar-refractivity contribution < 1.29 is 14.8 Å². The fourth-order valence-corrected chi connectivity index (χ4v) is 0.369. The van der Waals surface area contributed by atoms with Crippen LogP contribution < -0.4 is 6.15 Å². The highest BCUT2D eigenvalue weighted by atomic mass is 17.0. The molecular weight excluding hydrogens is 148 g/mol. The van der Waals surface area contributed by atoms with Gasteiger partial charge < -0.3 is 6.15 Å². The summed E-state index contributed by atoms with van der Waals surface area (Å²) in [5.74, 6) is 0. The van der Waals surface area contributed by atoms with Crippen LogP contribution in [0.4, 0.5) is 0 Å². The molecule has 0 fully saturated rings. The largest absolute Gasteiger partial charge is 0.478 e. The van der Waals surface area contributed by atoms with Crippen molar-refractivity contribution in [2.75, 3.05) is 0 Å². The Kier molecular flexibility index (Phi) is 6.88. The van der Waals surface area contributed by atoms with Crippen LogP contribution in [-0.2, 0) is 9.68 Å². The van der Waals surface area contributed by atoms with Crippen molar-refractivity contribution in [1.82, 2.24) is 6.15 Å². The highest BCUT2D eigenvalue weighted by Crippen LogP contribution is 1.93. The Morgan fingerprint density at radius 2 is 1.27 bits per heavy atom. The number of hydrogen-bond acceptors (Lipinski definition) is 4. The lowest BCUT2D eigenvalue weighted by molar-refractivity contribution is -0.991. The van der Waals surface area contributed by atoms with Gasteiger partial charge in [-0.15, -0.1) is 0 Å². The Hall–Kier alpha value is -0.840. The van der Waals surface area contributed by atoms with Gasteiger partial charge in [0.25, 0.3) is 0 Å². The Labute approximate surface area is 66.7 Å². The van der Waals surface area contributed by atoms with Crippen molar-refractivity contribution >= 4 is 0 Å². The predicted molar refractivity (Wildman–Crippen MR) is 41.1 cm³/mol. The van der Waals surface area contributed by atoms with E-state index < -0.39 is 0 Å². The molecule has 0 amide bonds. The lowest BCUT2D eigenvalue weighted by atomic mass is 10.5. The summed E-state index contributed by atoms with van der Waals surface area (Å²) in [5.41, 5.74) is 0. The first-order chi connectivity index (χ1) is 4.52. The number of nitrogens with zero attached hydrogens (tertiary/aromatic N) is 1. The van der Waals surface area contributed by atoms with E-state index in [0.717, 1.165) is 0 Å². The first kappa shape index (κ1) is 12.8. The summed E-state index contributed by atoms with van der Waals surface area (Å²) >= 11 is 0. The maximum absolute atomic E-state index is 10.5. The van der Waals surface area contributed by atoms with Gasteiger partial charge in [-0.2, -0.15) is 9.68 Å². The topological polar surface area (TPSA) is 73.5 Å². The van der Waals surface area contributed by atoms with Crippen molar-refractivity contribution in [2.45, 2.75) is 39.9 Å². The van der Waals surface area contributed by atoms with Crippen molar-refractivity contribution in [2.24, 2.45) is 0 Å². The van der Waals surface area contributed by atoms with Gasteiger partial charge in [0.2, 0.25) is 0 Å². The molecule has 0 saturated carbocycles. The van der Waals surface area contributed by atoms with E-state index in [1.54, 1.807) is 27.7 Å². The molecule has 0 aliphatic heterocycles. The minimum absolute atomic E-state index is 0. The van der Waals surface area contributed by atoms with Crippen molar-refractivity contribution in [3.63, 3.8) is 0 Å². The summed E-state index contributed by atoms with van der Waals surface area (Å²) < 4.78 is 0. The molecule has 0 atom stereocenters. The average Bonchev–Trinajstić information content (AvgIpc) is 1.58. The molecule has 0 heterocycles. The molecule has 0 spiro atoms. The molecule has 3 N–H and O–H groups in total. The highest BCUT2D eigenvalue weighted by Gasteiger charge is 2.16. The van der Waals surface area contributed by atoms with Gasteiger partial charge in [0.05, 0.1) is 0 Å². The van der Waals surface area contributed by atoms with Gasteiger partial charge >= 0.3 is 5.09 Å². The third kappa shape index (κ3) is 9.16. The molecule has 0 aromatic heterocycles. The fourth-order valence-electron chi connectivity index (χ4n) is 0.369. The molecule has 68 valence electrons. The summed E-state index contributed by atoms with van der Waals surface area (Å²) in [5, 5.41) is 0.148. The van der Waals surface area contributed by atoms with E-state index in [2.05, 4.69) is 9.68 Å². The molecule has 0 bridgehead atoms. The van der Waals surface area contributed by atoms with Gasteiger partial charge in [-0.05, 0) is 27.7 Å². The zero-order valence-electron chi connectivity index (χ0n) is 7.53.